The van der Waals surface area contributed by atoms with Crippen LogP contribution in [-0.4, -0.2) is 36.0 Å². The number of aromatic nitrogens is 1. The molecule has 1 amide bonds. The van der Waals surface area contributed by atoms with Crippen molar-refractivity contribution in [2.75, 3.05) is 13.1 Å². The third-order valence-electron chi connectivity index (χ3n) is 5.56. The lowest BCUT2D eigenvalue weighted by Gasteiger charge is -2.18. The van der Waals surface area contributed by atoms with Gasteiger partial charge in [0.1, 0.15) is 18.5 Å². The highest BCUT2D eigenvalue weighted by atomic mass is 35.5. The van der Waals surface area contributed by atoms with Crippen LogP contribution in [0.3, 0.4) is 0 Å². The van der Waals surface area contributed by atoms with Gasteiger partial charge < -0.3 is 15.4 Å². The van der Waals surface area contributed by atoms with E-state index in [0.717, 1.165) is 36.6 Å². The summed E-state index contributed by atoms with van der Waals surface area (Å²) in [4.78, 5) is 30.1. The van der Waals surface area contributed by atoms with E-state index in [4.69, 9.17) is 16.3 Å². The molecule has 0 aliphatic heterocycles. The molecule has 0 fully saturated rings. The molecule has 0 saturated heterocycles. The number of aryl methyl sites for hydroxylation is 1. The van der Waals surface area contributed by atoms with Gasteiger partial charge in [-0.2, -0.15) is 0 Å². The Labute approximate surface area is 216 Å². The first-order valence-corrected chi connectivity index (χ1v) is 12.4. The number of carbonyl (C=O) groups is 2. The minimum atomic E-state index is -0.740. The maximum Gasteiger partial charge on any atom is 0.325 e. The van der Waals surface area contributed by atoms with E-state index in [1.165, 1.54) is 12.1 Å². The summed E-state index contributed by atoms with van der Waals surface area (Å²) in [6, 6.07) is 16.0. The van der Waals surface area contributed by atoms with E-state index in [0.29, 0.717) is 22.8 Å². The molecule has 8 heteroatoms. The number of esters is 1. The largest absolute Gasteiger partial charge is 0.460 e. The summed E-state index contributed by atoms with van der Waals surface area (Å²) < 4.78 is 19.9. The fourth-order valence-electron chi connectivity index (χ4n) is 3.62. The van der Waals surface area contributed by atoms with E-state index in [1.54, 1.807) is 19.1 Å². The molecular formula is C28H31ClFN3O3. The fourth-order valence-corrected chi connectivity index (χ4v) is 3.83. The average molecular weight is 512 g/mol. The van der Waals surface area contributed by atoms with Crippen LogP contribution in [-0.2, 0) is 16.1 Å². The molecule has 36 heavy (non-hydrogen) atoms. The lowest BCUT2D eigenvalue weighted by atomic mass is 10.1. The molecule has 2 N–H and O–H groups in total. The number of unbranched alkanes of at least 4 members (excludes halogenated alkanes) is 2. The number of pyridine rings is 1. The SMILES string of the molecule is CCCCCN[C@H](CNC(=O)c1cc(F)cc(-c2nc(C)ccc2Cl)c1)C(=O)OCc1ccccc1. The maximum absolute atomic E-state index is 14.4. The molecule has 190 valence electrons. The van der Waals surface area contributed by atoms with Crippen molar-refractivity contribution in [1.29, 1.82) is 0 Å². The zero-order valence-corrected chi connectivity index (χ0v) is 21.3. The molecule has 0 spiro atoms. The summed E-state index contributed by atoms with van der Waals surface area (Å²) in [5.41, 5.74) is 2.48. The van der Waals surface area contributed by atoms with Gasteiger partial charge in [0.25, 0.3) is 5.91 Å². The normalized spacial score (nSPS) is 11.7. The highest BCUT2D eigenvalue weighted by Crippen LogP contribution is 2.27. The summed E-state index contributed by atoms with van der Waals surface area (Å²) in [6.45, 7) is 4.64. The number of nitrogens with zero attached hydrogens (tertiary/aromatic N) is 1. The number of amides is 1. The number of hydrogen-bond donors (Lipinski definition) is 2. The number of ether oxygens (including phenoxy) is 1. The zero-order valence-electron chi connectivity index (χ0n) is 20.5. The van der Waals surface area contributed by atoms with Gasteiger partial charge in [-0.1, -0.05) is 61.7 Å². The minimum absolute atomic E-state index is 0.00607. The molecule has 3 rings (SSSR count). The van der Waals surface area contributed by atoms with Crippen molar-refractivity contribution in [1.82, 2.24) is 15.6 Å². The number of benzene rings is 2. The number of carbonyl (C=O) groups excluding carboxylic acids is 2. The van der Waals surface area contributed by atoms with E-state index in [2.05, 4.69) is 22.5 Å². The molecule has 0 bridgehead atoms. The lowest BCUT2D eigenvalue weighted by molar-refractivity contribution is -0.147. The second kappa shape index (κ2) is 13.7. The summed E-state index contributed by atoms with van der Waals surface area (Å²) in [5.74, 6) is -1.57. The Bertz CT molecular complexity index is 1170. The summed E-state index contributed by atoms with van der Waals surface area (Å²) in [6.07, 6.45) is 2.96. The highest BCUT2D eigenvalue weighted by molar-refractivity contribution is 6.33. The predicted molar refractivity (Wildman–Crippen MR) is 139 cm³/mol. The first-order valence-electron chi connectivity index (χ1n) is 12.0. The Kier molecular flexibility index (Phi) is 10.4. The number of rotatable bonds is 12. The van der Waals surface area contributed by atoms with Crippen LogP contribution in [0, 0.1) is 12.7 Å². The van der Waals surface area contributed by atoms with Crippen molar-refractivity contribution in [3.05, 3.63) is 88.3 Å². The van der Waals surface area contributed by atoms with Crippen LogP contribution in [0.25, 0.3) is 11.3 Å². The van der Waals surface area contributed by atoms with Gasteiger partial charge in [0.05, 0.1) is 10.7 Å². The van der Waals surface area contributed by atoms with Crippen LogP contribution < -0.4 is 10.6 Å². The Morgan fingerprint density at radius 3 is 2.61 bits per heavy atom. The van der Waals surface area contributed by atoms with Crippen molar-refractivity contribution in [2.24, 2.45) is 0 Å². The van der Waals surface area contributed by atoms with Crippen molar-refractivity contribution < 1.29 is 18.7 Å². The second-order valence-electron chi connectivity index (χ2n) is 8.53. The van der Waals surface area contributed by atoms with Crippen LogP contribution in [0.2, 0.25) is 5.02 Å². The summed E-state index contributed by atoms with van der Waals surface area (Å²) >= 11 is 6.25. The van der Waals surface area contributed by atoms with Crippen molar-refractivity contribution in [3.8, 4) is 11.3 Å². The van der Waals surface area contributed by atoms with Crippen LogP contribution >= 0.6 is 11.6 Å². The molecule has 0 saturated carbocycles. The van der Waals surface area contributed by atoms with E-state index in [1.807, 2.05) is 30.3 Å². The molecule has 0 aliphatic rings. The molecule has 2 aromatic carbocycles. The number of nitrogens with one attached hydrogen (secondary N) is 2. The highest BCUT2D eigenvalue weighted by Gasteiger charge is 2.21. The van der Waals surface area contributed by atoms with Crippen molar-refractivity contribution in [3.63, 3.8) is 0 Å². The first-order chi connectivity index (χ1) is 17.4. The molecule has 3 aromatic rings. The quantitative estimate of drug-likeness (QED) is 0.249. The van der Waals surface area contributed by atoms with Gasteiger partial charge in [0.15, 0.2) is 0 Å². The molecule has 1 atom stereocenters. The molecule has 1 aromatic heterocycles. The van der Waals surface area contributed by atoms with E-state index < -0.39 is 23.7 Å². The maximum atomic E-state index is 14.4. The molecule has 0 aliphatic carbocycles. The van der Waals surface area contributed by atoms with E-state index in [-0.39, 0.29) is 18.7 Å². The third-order valence-corrected chi connectivity index (χ3v) is 5.87. The Hall–Kier alpha value is -3.29. The van der Waals surface area contributed by atoms with Gasteiger partial charge in [0.2, 0.25) is 0 Å². The van der Waals surface area contributed by atoms with Crippen LogP contribution in [0.1, 0.15) is 47.8 Å². The van der Waals surface area contributed by atoms with Gasteiger partial charge in [0, 0.05) is 23.4 Å². The average Bonchev–Trinajstić information content (AvgIpc) is 2.88. The molecule has 1 heterocycles. The summed E-state index contributed by atoms with van der Waals surface area (Å²) in [7, 11) is 0. The van der Waals surface area contributed by atoms with Crippen LogP contribution in [0.5, 0.6) is 0 Å². The summed E-state index contributed by atoms with van der Waals surface area (Å²) in [5, 5.41) is 6.25. The van der Waals surface area contributed by atoms with E-state index >= 15 is 0 Å². The van der Waals surface area contributed by atoms with Gasteiger partial charge in [-0.05, 0) is 55.8 Å². The predicted octanol–water partition coefficient (Wildman–Crippen LogP) is 5.47. The Morgan fingerprint density at radius 2 is 1.86 bits per heavy atom. The van der Waals surface area contributed by atoms with Gasteiger partial charge in [-0.25, -0.2) is 4.39 Å². The van der Waals surface area contributed by atoms with Crippen molar-refractivity contribution >= 4 is 23.5 Å². The number of hydrogen-bond acceptors (Lipinski definition) is 5. The van der Waals surface area contributed by atoms with Crippen LogP contribution in [0.4, 0.5) is 4.39 Å². The first kappa shape index (κ1) is 27.3. The Morgan fingerprint density at radius 1 is 1.08 bits per heavy atom. The zero-order chi connectivity index (χ0) is 25.9. The smallest absolute Gasteiger partial charge is 0.325 e. The minimum Gasteiger partial charge on any atom is -0.460 e. The third kappa shape index (κ3) is 8.14. The molecular weight excluding hydrogens is 481 g/mol. The van der Waals surface area contributed by atoms with Crippen LogP contribution in [0.15, 0.2) is 60.7 Å². The van der Waals surface area contributed by atoms with Gasteiger partial charge in [-0.15, -0.1) is 0 Å². The number of halogens is 2. The molecule has 0 unspecified atom stereocenters. The monoisotopic (exact) mass is 511 g/mol. The standard InChI is InChI=1S/C28H31ClFN3O3/c1-3-4-8-13-31-25(28(35)36-18-20-9-6-5-7-10-20)17-32-27(34)22-14-21(15-23(30)16-22)26-24(29)12-11-19(2)33-26/h5-7,9-12,14-16,25,31H,3-4,8,13,17-18H2,1-2H3,(H,32,34)/t25-/m1/s1. The lowest BCUT2D eigenvalue weighted by Crippen LogP contribution is -2.47. The second-order valence-corrected chi connectivity index (χ2v) is 8.94. The molecule has 0 radical (unpaired) electrons. The van der Waals surface area contributed by atoms with Gasteiger partial charge in [-0.3, -0.25) is 14.6 Å². The fraction of sp³-hybridized carbons (Fsp3) is 0.321. The van der Waals surface area contributed by atoms with Gasteiger partial charge >= 0.3 is 5.97 Å². The molecule has 6 nitrogen and oxygen atoms in total. The van der Waals surface area contributed by atoms with E-state index in [9.17, 15) is 14.0 Å². The Balaban J connectivity index is 1.69. The van der Waals surface area contributed by atoms with Crippen molar-refractivity contribution in [2.45, 2.75) is 45.8 Å². The topological polar surface area (TPSA) is 80.3 Å².